The number of carbonyl (C=O) groups is 2. The Morgan fingerprint density at radius 1 is 1.00 bits per heavy atom. The van der Waals surface area contributed by atoms with Crippen LogP contribution in [0, 0.1) is 0 Å². The molecule has 170 valence electrons. The van der Waals surface area contributed by atoms with Gasteiger partial charge >= 0.3 is 0 Å². The van der Waals surface area contributed by atoms with Crippen molar-refractivity contribution in [2.24, 2.45) is 0 Å². The second kappa shape index (κ2) is 10.6. The van der Waals surface area contributed by atoms with Gasteiger partial charge in [0.15, 0.2) is 0 Å². The number of nitrogens with zero attached hydrogens (tertiary/aromatic N) is 3. The lowest BCUT2D eigenvalue weighted by molar-refractivity contribution is -0.133. The fraction of sp³-hybridized carbons (Fsp3) is 0.440. The van der Waals surface area contributed by atoms with Gasteiger partial charge in [-0.2, -0.15) is 0 Å². The van der Waals surface area contributed by atoms with E-state index in [1.807, 2.05) is 64.4 Å². The van der Waals surface area contributed by atoms with Crippen molar-refractivity contribution in [3.05, 3.63) is 65.7 Å². The summed E-state index contributed by atoms with van der Waals surface area (Å²) in [7, 11) is 0. The summed E-state index contributed by atoms with van der Waals surface area (Å²) in [6.07, 6.45) is 0. The van der Waals surface area contributed by atoms with Crippen molar-refractivity contribution in [2.45, 2.75) is 13.0 Å². The highest BCUT2D eigenvalue weighted by Gasteiger charge is 2.32. The van der Waals surface area contributed by atoms with Gasteiger partial charge in [0.05, 0.1) is 19.3 Å². The minimum Gasteiger partial charge on any atom is -0.492 e. The molecular weight excluding hydrogens is 406 g/mol. The Labute approximate surface area is 189 Å². The van der Waals surface area contributed by atoms with Crippen LogP contribution in [0.15, 0.2) is 54.6 Å². The van der Waals surface area contributed by atoms with E-state index in [-0.39, 0.29) is 17.9 Å². The van der Waals surface area contributed by atoms with Crippen LogP contribution in [0.1, 0.15) is 28.9 Å². The van der Waals surface area contributed by atoms with Crippen molar-refractivity contribution < 1.29 is 19.1 Å². The van der Waals surface area contributed by atoms with Crippen molar-refractivity contribution in [1.82, 2.24) is 14.7 Å². The highest BCUT2D eigenvalue weighted by atomic mass is 16.5. The molecule has 2 aliphatic heterocycles. The van der Waals surface area contributed by atoms with E-state index in [2.05, 4.69) is 4.90 Å². The van der Waals surface area contributed by atoms with Crippen molar-refractivity contribution >= 4 is 11.8 Å². The number of morpholine rings is 1. The first-order chi connectivity index (χ1) is 15.6. The highest BCUT2D eigenvalue weighted by Crippen LogP contribution is 2.27. The lowest BCUT2D eigenvalue weighted by atomic mass is 10.0. The second-order valence-corrected chi connectivity index (χ2v) is 8.22. The third-order valence-electron chi connectivity index (χ3n) is 6.12. The number of benzene rings is 2. The molecule has 2 aromatic carbocycles. The first-order valence-corrected chi connectivity index (χ1v) is 11.3. The number of piperazine rings is 1. The number of hydrogen-bond donors (Lipinski definition) is 0. The predicted molar refractivity (Wildman–Crippen MR) is 122 cm³/mol. The zero-order valence-electron chi connectivity index (χ0n) is 18.6. The van der Waals surface area contributed by atoms with E-state index in [0.29, 0.717) is 37.6 Å². The topological polar surface area (TPSA) is 62.3 Å². The molecule has 0 unspecified atom stereocenters. The van der Waals surface area contributed by atoms with Crippen LogP contribution in [0.3, 0.4) is 0 Å². The van der Waals surface area contributed by atoms with Gasteiger partial charge in [0.25, 0.3) is 5.91 Å². The molecule has 2 aliphatic rings. The minimum atomic E-state index is -0.139. The lowest BCUT2D eigenvalue weighted by Crippen LogP contribution is -2.51. The molecule has 0 aliphatic carbocycles. The van der Waals surface area contributed by atoms with E-state index in [9.17, 15) is 9.59 Å². The molecule has 0 N–H and O–H groups in total. The Morgan fingerprint density at radius 3 is 2.53 bits per heavy atom. The number of hydrogen-bond acceptors (Lipinski definition) is 5. The monoisotopic (exact) mass is 437 g/mol. The summed E-state index contributed by atoms with van der Waals surface area (Å²) in [5.74, 6) is 0.695. The molecule has 0 spiro atoms. The van der Waals surface area contributed by atoms with Crippen LogP contribution in [-0.2, 0) is 9.53 Å². The normalized spacial score (nSPS) is 19.6. The summed E-state index contributed by atoms with van der Waals surface area (Å²) in [5.41, 5.74) is 1.65. The SMILES string of the molecule is CC(=O)N1CCN(C(=O)c2cccc(OCCN3CCOCC3)c2)C[C@@H]1c1ccccc1. The van der Waals surface area contributed by atoms with Gasteiger partial charge in [0, 0.05) is 51.8 Å². The van der Waals surface area contributed by atoms with Gasteiger partial charge in [-0.3, -0.25) is 14.5 Å². The van der Waals surface area contributed by atoms with E-state index < -0.39 is 0 Å². The van der Waals surface area contributed by atoms with Crippen molar-refractivity contribution in [1.29, 1.82) is 0 Å². The van der Waals surface area contributed by atoms with Gasteiger partial charge < -0.3 is 19.3 Å². The molecule has 0 bridgehead atoms. The zero-order valence-corrected chi connectivity index (χ0v) is 18.6. The molecule has 0 aromatic heterocycles. The van der Waals surface area contributed by atoms with Gasteiger partial charge in [-0.15, -0.1) is 0 Å². The van der Waals surface area contributed by atoms with E-state index in [1.54, 1.807) is 6.92 Å². The van der Waals surface area contributed by atoms with Gasteiger partial charge in [0.1, 0.15) is 12.4 Å². The summed E-state index contributed by atoms with van der Waals surface area (Å²) in [4.78, 5) is 31.5. The van der Waals surface area contributed by atoms with Crippen molar-refractivity contribution in [3.8, 4) is 5.75 Å². The molecule has 4 rings (SSSR count). The van der Waals surface area contributed by atoms with Crippen LogP contribution in [0.2, 0.25) is 0 Å². The predicted octanol–water partition coefficient (Wildman–Crippen LogP) is 2.44. The van der Waals surface area contributed by atoms with Crippen molar-refractivity contribution in [2.75, 3.05) is 59.1 Å². The van der Waals surface area contributed by atoms with E-state index >= 15 is 0 Å². The minimum absolute atomic E-state index is 0.0293. The van der Waals surface area contributed by atoms with Crippen LogP contribution in [0.4, 0.5) is 0 Å². The molecule has 1 atom stereocenters. The lowest BCUT2D eigenvalue weighted by Gasteiger charge is -2.41. The Kier molecular flexibility index (Phi) is 7.39. The Hall–Kier alpha value is -2.90. The van der Waals surface area contributed by atoms with Gasteiger partial charge in [-0.05, 0) is 23.8 Å². The Balaban J connectivity index is 1.40. The molecule has 2 amide bonds. The second-order valence-electron chi connectivity index (χ2n) is 8.22. The fourth-order valence-corrected chi connectivity index (χ4v) is 4.32. The number of ether oxygens (including phenoxy) is 2. The van der Waals surface area contributed by atoms with Gasteiger partial charge in [-0.25, -0.2) is 0 Å². The molecule has 2 saturated heterocycles. The summed E-state index contributed by atoms with van der Waals surface area (Å²) in [6, 6.07) is 17.2. The molecule has 0 radical (unpaired) electrons. The molecule has 2 fully saturated rings. The van der Waals surface area contributed by atoms with Crippen LogP contribution < -0.4 is 4.74 Å². The molecule has 7 nitrogen and oxygen atoms in total. The average molecular weight is 438 g/mol. The average Bonchev–Trinajstić information content (AvgIpc) is 2.84. The maximum absolute atomic E-state index is 13.3. The standard InChI is InChI=1S/C25H31N3O4/c1-20(29)28-11-10-27(19-24(28)21-6-3-2-4-7-21)25(30)22-8-5-9-23(18-22)32-17-14-26-12-15-31-16-13-26/h2-9,18,24H,10-17,19H2,1H3/t24-/m1/s1. The maximum atomic E-state index is 13.3. The molecular formula is C25H31N3O4. The Bertz CT molecular complexity index is 914. The fourth-order valence-electron chi connectivity index (χ4n) is 4.32. The molecule has 32 heavy (non-hydrogen) atoms. The first-order valence-electron chi connectivity index (χ1n) is 11.3. The van der Waals surface area contributed by atoms with Gasteiger partial charge in [0.2, 0.25) is 5.91 Å². The van der Waals surface area contributed by atoms with E-state index in [4.69, 9.17) is 9.47 Å². The summed E-state index contributed by atoms with van der Waals surface area (Å²) < 4.78 is 11.3. The van der Waals surface area contributed by atoms with Crippen LogP contribution >= 0.6 is 0 Å². The van der Waals surface area contributed by atoms with E-state index in [0.717, 1.165) is 38.4 Å². The smallest absolute Gasteiger partial charge is 0.254 e. The Morgan fingerprint density at radius 2 is 1.78 bits per heavy atom. The molecule has 2 heterocycles. The maximum Gasteiger partial charge on any atom is 0.254 e. The largest absolute Gasteiger partial charge is 0.492 e. The van der Waals surface area contributed by atoms with Crippen LogP contribution in [-0.4, -0.2) is 85.6 Å². The van der Waals surface area contributed by atoms with Crippen LogP contribution in [0.25, 0.3) is 0 Å². The quantitative estimate of drug-likeness (QED) is 0.695. The zero-order chi connectivity index (χ0) is 22.3. The highest BCUT2D eigenvalue weighted by molar-refractivity contribution is 5.94. The number of amides is 2. The van der Waals surface area contributed by atoms with Crippen molar-refractivity contribution in [3.63, 3.8) is 0 Å². The summed E-state index contributed by atoms with van der Waals surface area (Å²) in [5, 5.41) is 0. The number of rotatable bonds is 6. The molecule has 2 aromatic rings. The third-order valence-corrected chi connectivity index (χ3v) is 6.12. The number of carbonyl (C=O) groups excluding carboxylic acids is 2. The van der Waals surface area contributed by atoms with Crippen LogP contribution in [0.5, 0.6) is 5.75 Å². The molecule has 7 heteroatoms. The van der Waals surface area contributed by atoms with E-state index in [1.165, 1.54) is 0 Å². The van der Waals surface area contributed by atoms with Gasteiger partial charge in [-0.1, -0.05) is 36.4 Å². The molecule has 0 saturated carbocycles. The summed E-state index contributed by atoms with van der Waals surface area (Å²) >= 11 is 0. The first kappa shape index (κ1) is 22.3. The third kappa shape index (κ3) is 5.47. The summed E-state index contributed by atoms with van der Waals surface area (Å²) in [6.45, 7) is 7.91.